The molecule has 0 aliphatic carbocycles. The first kappa shape index (κ1) is 14.8. The largest absolute Gasteiger partial charge is 0.493 e. The summed E-state index contributed by atoms with van der Waals surface area (Å²) < 4.78 is 11.3. The Morgan fingerprint density at radius 2 is 1.72 bits per heavy atom. The quantitative estimate of drug-likeness (QED) is 0.889. The molecule has 0 aliphatic rings. The summed E-state index contributed by atoms with van der Waals surface area (Å²) in [5, 5.41) is 9.07. The fourth-order valence-electron chi connectivity index (χ4n) is 1.91. The number of hydrogen-bond donors (Lipinski definition) is 2. The van der Waals surface area contributed by atoms with Crippen molar-refractivity contribution in [2.75, 3.05) is 14.2 Å². The van der Waals surface area contributed by atoms with Crippen LogP contribution in [0.15, 0.2) is 4.47 Å². The zero-order valence-corrected chi connectivity index (χ0v) is 12.3. The maximum absolute atomic E-state index is 11.1. The second kappa shape index (κ2) is 5.58. The summed E-state index contributed by atoms with van der Waals surface area (Å²) in [6.07, 6.45) is 0. The van der Waals surface area contributed by atoms with E-state index in [0.29, 0.717) is 17.1 Å². The molecule has 0 spiro atoms. The highest BCUT2D eigenvalue weighted by Crippen LogP contribution is 2.43. The third-order valence-corrected chi connectivity index (χ3v) is 4.03. The summed E-state index contributed by atoms with van der Waals surface area (Å²) in [7, 11) is 2.96. The van der Waals surface area contributed by atoms with E-state index in [0.717, 1.165) is 15.6 Å². The van der Waals surface area contributed by atoms with Gasteiger partial charge in [0.15, 0.2) is 11.5 Å². The second-order valence-electron chi connectivity index (χ2n) is 3.86. The predicted octanol–water partition coefficient (Wildman–Crippen LogP) is 2.17. The minimum absolute atomic E-state index is 0.366. The lowest BCUT2D eigenvalue weighted by Crippen LogP contribution is -2.23. The van der Waals surface area contributed by atoms with Crippen molar-refractivity contribution in [2.24, 2.45) is 5.73 Å². The molecule has 1 aromatic rings. The molecule has 0 radical (unpaired) electrons. The Hall–Kier alpha value is -1.27. The number of hydrogen-bond acceptors (Lipinski definition) is 4. The van der Waals surface area contributed by atoms with Crippen LogP contribution in [0.5, 0.6) is 11.5 Å². The highest BCUT2D eigenvalue weighted by molar-refractivity contribution is 9.10. The van der Waals surface area contributed by atoms with Crippen LogP contribution < -0.4 is 15.2 Å². The fraction of sp³-hybridized carbons (Fsp3) is 0.417. The Kier molecular flexibility index (Phi) is 4.59. The van der Waals surface area contributed by atoms with Gasteiger partial charge in [0.1, 0.15) is 6.04 Å². The van der Waals surface area contributed by atoms with Gasteiger partial charge in [-0.2, -0.15) is 0 Å². The van der Waals surface area contributed by atoms with Crippen LogP contribution in [-0.4, -0.2) is 25.3 Å². The lowest BCUT2D eigenvalue weighted by atomic mass is 9.97. The number of aliphatic carboxylic acids is 1. The zero-order chi connectivity index (χ0) is 14.0. The maximum Gasteiger partial charge on any atom is 0.325 e. The van der Waals surface area contributed by atoms with E-state index in [9.17, 15) is 4.79 Å². The number of rotatable bonds is 4. The minimum atomic E-state index is -1.16. The predicted molar refractivity (Wildman–Crippen MR) is 71.3 cm³/mol. The zero-order valence-electron chi connectivity index (χ0n) is 10.7. The molecule has 0 heterocycles. The van der Waals surface area contributed by atoms with E-state index >= 15 is 0 Å². The first-order valence-corrected chi connectivity index (χ1v) is 6.05. The average Bonchev–Trinajstić information content (AvgIpc) is 2.34. The normalized spacial score (nSPS) is 12.1. The molecule has 6 heteroatoms. The fourth-order valence-corrected chi connectivity index (χ4v) is 2.30. The van der Waals surface area contributed by atoms with Crippen molar-refractivity contribution in [3.63, 3.8) is 0 Å². The van der Waals surface area contributed by atoms with Gasteiger partial charge in [-0.15, -0.1) is 0 Å². The summed E-state index contributed by atoms with van der Waals surface area (Å²) in [6.45, 7) is 3.64. The summed E-state index contributed by atoms with van der Waals surface area (Å²) in [4.78, 5) is 11.1. The standard InChI is InChI=1S/C12H16BrNO4/c1-5-7(9(14)12(15)16)11(18-4)10(17-3)6(2)8(5)13/h9H,14H2,1-4H3,(H,15,16). The molecule has 0 saturated heterocycles. The lowest BCUT2D eigenvalue weighted by Gasteiger charge is -2.21. The van der Waals surface area contributed by atoms with Gasteiger partial charge in [0.2, 0.25) is 0 Å². The Morgan fingerprint density at radius 3 is 2.11 bits per heavy atom. The van der Waals surface area contributed by atoms with E-state index in [2.05, 4.69) is 15.9 Å². The Balaban J connectivity index is 3.68. The van der Waals surface area contributed by atoms with Gasteiger partial charge in [0.25, 0.3) is 0 Å². The third kappa shape index (κ3) is 2.30. The Labute approximate surface area is 114 Å². The molecule has 1 rings (SSSR count). The van der Waals surface area contributed by atoms with E-state index < -0.39 is 12.0 Å². The second-order valence-corrected chi connectivity index (χ2v) is 4.65. The molecule has 0 aliphatic heterocycles. The highest BCUT2D eigenvalue weighted by Gasteiger charge is 2.27. The molecule has 3 N–H and O–H groups in total. The number of methoxy groups -OCH3 is 2. The first-order valence-electron chi connectivity index (χ1n) is 5.25. The summed E-state index contributed by atoms with van der Waals surface area (Å²) in [5.74, 6) is -0.263. The van der Waals surface area contributed by atoms with E-state index in [-0.39, 0.29) is 0 Å². The van der Waals surface area contributed by atoms with Crippen molar-refractivity contribution >= 4 is 21.9 Å². The van der Waals surface area contributed by atoms with Gasteiger partial charge in [-0.05, 0) is 19.4 Å². The van der Waals surface area contributed by atoms with Gasteiger partial charge in [-0.25, -0.2) is 0 Å². The van der Waals surface area contributed by atoms with E-state index in [1.807, 2.05) is 6.92 Å². The smallest absolute Gasteiger partial charge is 0.325 e. The van der Waals surface area contributed by atoms with Crippen molar-refractivity contribution in [1.29, 1.82) is 0 Å². The molecular weight excluding hydrogens is 302 g/mol. The number of nitrogens with two attached hydrogens (primary N) is 1. The number of carboxylic acids is 1. The van der Waals surface area contributed by atoms with Gasteiger partial charge >= 0.3 is 5.97 Å². The van der Waals surface area contributed by atoms with Crippen LogP contribution in [0.1, 0.15) is 22.7 Å². The van der Waals surface area contributed by atoms with Crippen LogP contribution >= 0.6 is 15.9 Å². The third-order valence-electron chi connectivity index (χ3n) is 2.84. The molecule has 1 unspecified atom stereocenters. The maximum atomic E-state index is 11.1. The van der Waals surface area contributed by atoms with Crippen LogP contribution in [-0.2, 0) is 4.79 Å². The van der Waals surface area contributed by atoms with Gasteiger partial charge in [-0.1, -0.05) is 15.9 Å². The highest BCUT2D eigenvalue weighted by atomic mass is 79.9. The molecule has 0 saturated carbocycles. The molecule has 0 bridgehead atoms. The number of carbonyl (C=O) groups is 1. The number of ether oxygens (including phenoxy) is 2. The van der Waals surface area contributed by atoms with Gasteiger partial charge in [-0.3, -0.25) is 4.79 Å². The summed E-state index contributed by atoms with van der Waals surface area (Å²) in [5.41, 5.74) is 7.69. The van der Waals surface area contributed by atoms with Crippen molar-refractivity contribution in [3.8, 4) is 11.5 Å². The van der Waals surface area contributed by atoms with Crippen LogP contribution in [0.4, 0.5) is 0 Å². The Morgan fingerprint density at radius 1 is 1.22 bits per heavy atom. The molecule has 1 aromatic carbocycles. The first-order chi connectivity index (χ1) is 8.36. The molecule has 1 atom stereocenters. The molecular formula is C12H16BrNO4. The molecule has 0 amide bonds. The monoisotopic (exact) mass is 317 g/mol. The van der Waals surface area contributed by atoms with Crippen molar-refractivity contribution in [2.45, 2.75) is 19.9 Å². The van der Waals surface area contributed by atoms with E-state index in [1.165, 1.54) is 14.2 Å². The summed E-state index contributed by atoms with van der Waals surface area (Å²) in [6, 6.07) is -1.16. The van der Waals surface area contributed by atoms with Crippen molar-refractivity contribution < 1.29 is 19.4 Å². The lowest BCUT2D eigenvalue weighted by molar-refractivity contribution is -0.138. The average molecular weight is 318 g/mol. The number of benzene rings is 1. The van der Waals surface area contributed by atoms with Crippen molar-refractivity contribution in [3.05, 3.63) is 21.2 Å². The van der Waals surface area contributed by atoms with Gasteiger partial charge in [0.05, 0.1) is 14.2 Å². The van der Waals surface area contributed by atoms with Crippen molar-refractivity contribution in [1.82, 2.24) is 0 Å². The number of halogens is 1. The topological polar surface area (TPSA) is 81.8 Å². The molecule has 100 valence electrons. The molecule has 0 aromatic heterocycles. The van der Waals surface area contributed by atoms with Crippen LogP contribution in [0.25, 0.3) is 0 Å². The van der Waals surface area contributed by atoms with Gasteiger partial charge in [0, 0.05) is 15.6 Å². The van der Waals surface area contributed by atoms with Crippen LogP contribution in [0, 0.1) is 13.8 Å². The van der Waals surface area contributed by atoms with Crippen LogP contribution in [0.3, 0.4) is 0 Å². The minimum Gasteiger partial charge on any atom is -0.493 e. The molecule has 5 nitrogen and oxygen atoms in total. The molecule has 18 heavy (non-hydrogen) atoms. The van der Waals surface area contributed by atoms with Gasteiger partial charge < -0.3 is 20.3 Å². The Bertz CT molecular complexity index is 488. The van der Waals surface area contributed by atoms with Crippen LogP contribution in [0.2, 0.25) is 0 Å². The van der Waals surface area contributed by atoms with E-state index in [1.54, 1.807) is 6.92 Å². The van der Waals surface area contributed by atoms with E-state index in [4.69, 9.17) is 20.3 Å². The molecule has 0 fully saturated rings. The number of carboxylic acid groups (broad SMARTS) is 1. The SMILES string of the molecule is COc1c(C)c(Br)c(C)c(C(N)C(=O)O)c1OC. The summed E-state index contributed by atoms with van der Waals surface area (Å²) >= 11 is 3.42.